The van der Waals surface area contributed by atoms with Gasteiger partial charge in [0.2, 0.25) is 5.91 Å². The van der Waals surface area contributed by atoms with E-state index >= 15 is 0 Å². The van der Waals surface area contributed by atoms with E-state index in [1.807, 2.05) is 13.8 Å². The summed E-state index contributed by atoms with van der Waals surface area (Å²) in [5.74, 6) is 0.721. The summed E-state index contributed by atoms with van der Waals surface area (Å²) in [5.41, 5.74) is 0.719. The molecule has 142 valence electrons. The highest BCUT2D eigenvalue weighted by atomic mass is 16.5. The number of carbonyl (C=O) groups is 3. The number of carbonyl (C=O) groups excluding carboxylic acids is 3. The van der Waals surface area contributed by atoms with E-state index in [0.29, 0.717) is 24.0 Å². The first-order valence-corrected chi connectivity index (χ1v) is 8.45. The maximum absolute atomic E-state index is 12.5. The Bertz CT molecular complexity index is 689. The molecule has 0 spiro atoms. The summed E-state index contributed by atoms with van der Waals surface area (Å²) in [7, 11) is 3.05. The summed E-state index contributed by atoms with van der Waals surface area (Å²) in [6, 6.07) is 3.83. The van der Waals surface area contributed by atoms with Crippen molar-refractivity contribution in [2.24, 2.45) is 5.92 Å². The molecule has 0 radical (unpaired) electrons. The average Bonchev–Trinajstić information content (AvgIpc) is 2.87. The molecule has 0 saturated carbocycles. The number of urea groups is 1. The number of ether oxygens (including phenoxy) is 2. The van der Waals surface area contributed by atoms with Gasteiger partial charge in [-0.25, -0.2) is 4.79 Å². The van der Waals surface area contributed by atoms with E-state index in [0.717, 1.165) is 10.5 Å². The van der Waals surface area contributed by atoms with E-state index in [1.165, 1.54) is 14.2 Å². The van der Waals surface area contributed by atoms with Crippen LogP contribution in [0.15, 0.2) is 18.2 Å². The van der Waals surface area contributed by atoms with Crippen LogP contribution in [0.1, 0.15) is 25.8 Å². The van der Waals surface area contributed by atoms with E-state index in [1.54, 1.807) is 18.2 Å². The first-order valence-electron chi connectivity index (χ1n) is 8.45. The van der Waals surface area contributed by atoms with Crippen molar-refractivity contribution in [3.05, 3.63) is 23.8 Å². The average molecular weight is 363 g/mol. The van der Waals surface area contributed by atoms with E-state index in [-0.39, 0.29) is 18.9 Å². The van der Waals surface area contributed by atoms with Gasteiger partial charge in [-0.3, -0.25) is 14.5 Å². The van der Waals surface area contributed by atoms with Crippen molar-refractivity contribution in [2.75, 3.05) is 20.8 Å². The van der Waals surface area contributed by atoms with Crippen molar-refractivity contribution in [1.82, 2.24) is 15.5 Å². The molecule has 0 bridgehead atoms. The number of imide groups is 1. The lowest BCUT2D eigenvalue weighted by Gasteiger charge is -2.15. The van der Waals surface area contributed by atoms with Crippen molar-refractivity contribution in [3.8, 4) is 11.5 Å². The van der Waals surface area contributed by atoms with Crippen molar-refractivity contribution in [2.45, 2.75) is 32.9 Å². The van der Waals surface area contributed by atoms with Gasteiger partial charge >= 0.3 is 6.03 Å². The van der Waals surface area contributed by atoms with Gasteiger partial charge in [-0.05, 0) is 23.6 Å². The maximum atomic E-state index is 12.5. The number of nitrogens with one attached hydrogen (secondary N) is 2. The lowest BCUT2D eigenvalue weighted by molar-refractivity contribution is -0.131. The molecule has 1 saturated heterocycles. The van der Waals surface area contributed by atoms with Crippen molar-refractivity contribution >= 4 is 17.8 Å². The summed E-state index contributed by atoms with van der Waals surface area (Å²) in [5, 5.41) is 5.31. The van der Waals surface area contributed by atoms with Crippen LogP contribution in [-0.4, -0.2) is 49.6 Å². The van der Waals surface area contributed by atoms with Crippen LogP contribution in [0.3, 0.4) is 0 Å². The Morgan fingerprint density at radius 1 is 1.23 bits per heavy atom. The van der Waals surface area contributed by atoms with Crippen molar-refractivity contribution in [1.29, 1.82) is 0 Å². The van der Waals surface area contributed by atoms with E-state index in [9.17, 15) is 14.4 Å². The second-order valence-corrected chi connectivity index (χ2v) is 6.52. The van der Waals surface area contributed by atoms with Gasteiger partial charge in [0.15, 0.2) is 11.5 Å². The molecule has 0 aromatic heterocycles. The minimum atomic E-state index is -0.838. The molecule has 8 heteroatoms. The third-order valence-electron chi connectivity index (χ3n) is 3.99. The second kappa shape index (κ2) is 8.55. The molecule has 1 heterocycles. The highest BCUT2D eigenvalue weighted by molar-refractivity contribution is 6.05. The lowest BCUT2D eigenvalue weighted by atomic mass is 10.1. The predicted octanol–water partition coefficient (Wildman–Crippen LogP) is 1.29. The Balaban J connectivity index is 2.01. The molecule has 2 N–H and O–H groups in total. The molecule has 1 aromatic carbocycles. The van der Waals surface area contributed by atoms with Gasteiger partial charge in [0.25, 0.3) is 5.91 Å². The van der Waals surface area contributed by atoms with Crippen LogP contribution >= 0.6 is 0 Å². The number of hydrogen-bond acceptors (Lipinski definition) is 5. The summed E-state index contributed by atoms with van der Waals surface area (Å²) in [6.07, 6.45) is -0.0697. The summed E-state index contributed by atoms with van der Waals surface area (Å²) in [6.45, 7) is 4.58. The third kappa shape index (κ3) is 4.65. The second-order valence-electron chi connectivity index (χ2n) is 6.52. The van der Waals surface area contributed by atoms with Crippen LogP contribution in [-0.2, 0) is 16.1 Å². The van der Waals surface area contributed by atoms with Crippen molar-refractivity contribution in [3.63, 3.8) is 0 Å². The van der Waals surface area contributed by atoms with E-state index in [2.05, 4.69) is 10.6 Å². The number of nitrogens with zero attached hydrogens (tertiary/aromatic N) is 1. The standard InChI is InChI=1S/C18H25N3O5/c1-11(2)9-19-16(22)8-13-17(23)21(18(24)20-13)10-12-5-6-14(25-3)15(7-12)26-4/h5-7,11,13H,8-10H2,1-4H3,(H,19,22)(H,20,24)/t13-/m0/s1. The summed E-state index contributed by atoms with van der Waals surface area (Å²) < 4.78 is 10.4. The molecule has 1 aliphatic rings. The van der Waals surface area contributed by atoms with Crippen LogP contribution in [0.25, 0.3) is 0 Å². The zero-order valence-electron chi connectivity index (χ0n) is 15.5. The number of methoxy groups -OCH3 is 2. The molecule has 1 aliphatic heterocycles. The maximum Gasteiger partial charge on any atom is 0.325 e. The molecular weight excluding hydrogens is 338 g/mol. The van der Waals surface area contributed by atoms with Gasteiger partial charge in [0, 0.05) is 6.54 Å². The molecule has 26 heavy (non-hydrogen) atoms. The van der Waals surface area contributed by atoms with Crippen LogP contribution in [0, 0.1) is 5.92 Å². The molecule has 1 fully saturated rings. The molecule has 2 rings (SSSR count). The first kappa shape index (κ1) is 19.6. The number of rotatable bonds is 8. The quantitative estimate of drug-likeness (QED) is 0.679. The monoisotopic (exact) mass is 363 g/mol. The van der Waals surface area contributed by atoms with E-state index < -0.39 is 18.0 Å². The first-order chi connectivity index (χ1) is 12.3. The Morgan fingerprint density at radius 2 is 1.92 bits per heavy atom. The fourth-order valence-electron chi connectivity index (χ4n) is 2.60. The van der Waals surface area contributed by atoms with Gasteiger partial charge < -0.3 is 20.1 Å². The van der Waals surface area contributed by atoms with Crippen LogP contribution in [0.2, 0.25) is 0 Å². The normalized spacial score (nSPS) is 16.7. The number of benzene rings is 1. The Hall–Kier alpha value is -2.77. The number of amides is 4. The zero-order chi connectivity index (χ0) is 19.3. The highest BCUT2D eigenvalue weighted by Gasteiger charge is 2.39. The Morgan fingerprint density at radius 3 is 2.54 bits per heavy atom. The molecule has 0 unspecified atom stereocenters. The largest absolute Gasteiger partial charge is 0.493 e. The van der Waals surface area contributed by atoms with Gasteiger partial charge in [0.05, 0.1) is 27.2 Å². The minimum absolute atomic E-state index is 0.0697. The predicted molar refractivity (Wildman–Crippen MR) is 94.9 cm³/mol. The molecular formula is C18H25N3O5. The van der Waals surface area contributed by atoms with Crippen molar-refractivity contribution < 1.29 is 23.9 Å². The minimum Gasteiger partial charge on any atom is -0.493 e. The smallest absolute Gasteiger partial charge is 0.325 e. The Kier molecular flexibility index (Phi) is 6.43. The fraction of sp³-hybridized carbons (Fsp3) is 0.500. The van der Waals surface area contributed by atoms with Crippen LogP contribution in [0.4, 0.5) is 4.79 Å². The van der Waals surface area contributed by atoms with Gasteiger partial charge in [-0.1, -0.05) is 19.9 Å². The number of hydrogen-bond donors (Lipinski definition) is 2. The molecule has 8 nitrogen and oxygen atoms in total. The summed E-state index contributed by atoms with van der Waals surface area (Å²) in [4.78, 5) is 37.6. The van der Waals surface area contributed by atoms with Gasteiger partial charge in [-0.15, -0.1) is 0 Å². The molecule has 1 aromatic rings. The zero-order valence-corrected chi connectivity index (χ0v) is 15.5. The third-order valence-corrected chi connectivity index (χ3v) is 3.99. The highest BCUT2D eigenvalue weighted by Crippen LogP contribution is 2.28. The van der Waals surface area contributed by atoms with E-state index in [4.69, 9.17) is 9.47 Å². The lowest BCUT2D eigenvalue weighted by Crippen LogP contribution is -2.37. The molecule has 0 aliphatic carbocycles. The van der Waals surface area contributed by atoms with Crippen LogP contribution < -0.4 is 20.1 Å². The molecule has 4 amide bonds. The Labute approximate surface area is 152 Å². The summed E-state index contributed by atoms with van der Waals surface area (Å²) >= 11 is 0. The topological polar surface area (TPSA) is 97.0 Å². The fourth-order valence-corrected chi connectivity index (χ4v) is 2.60. The SMILES string of the molecule is COc1ccc(CN2C(=O)N[C@@H](CC(=O)NCC(C)C)C2=O)cc1OC. The van der Waals surface area contributed by atoms with Gasteiger partial charge in [-0.2, -0.15) is 0 Å². The van der Waals surface area contributed by atoms with Crippen LogP contribution in [0.5, 0.6) is 11.5 Å². The van der Waals surface area contributed by atoms with Gasteiger partial charge in [0.1, 0.15) is 6.04 Å². The molecule has 1 atom stereocenters.